The predicted octanol–water partition coefficient (Wildman–Crippen LogP) is 5.77. The van der Waals surface area contributed by atoms with Crippen molar-refractivity contribution in [3.8, 4) is 5.75 Å². The minimum atomic E-state index is -0.0670. The van der Waals surface area contributed by atoms with E-state index in [4.69, 9.17) is 4.74 Å². The number of nitrogens with zero attached hydrogens (tertiary/aromatic N) is 1. The Labute approximate surface area is 201 Å². The van der Waals surface area contributed by atoms with Crippen LogP contribution in [-0.4, -0.2) is 36.3 Å². The maximum Gasteiger partial charge on any atom is 0.251 e. The molecule has 0 unspecified atom stereocenters. The van der Waals surface area contributed by atoms with Crippen LogP contribution in [0.1, 0.15) is 40.7 Å². The Balaban J connectivity index is 1.20. The Kier molecular flexibility index (Phi) is 8.84. The van der Waals surface area contributed by atoms with Gasteiger partial charge in [0.15, 0.2) is 0 Å². The second kappa shape index (κ2) is 12.5. The molecular weight excluding hydrogens is 428 g/mol. The molecule has 4 rings (SSSR count). The highest BCUT2D eigenvalue weighted by atomic mass is 32.2. The fourth-order valence-electron chi connectivity index (χ4n) is 4.04. The number of nitrogens with one attached hydrogen (secondary N) is 1. The molecule has 1 amide bonds. The van der Waals surface area contributed by atoms with Gasteiger partial charge in [-0.25, -0.2) is 0 Å². The molecule has 1 saturated heterocycles. The molecule has 0 bridgehead atoms. The first-order valence-electron chi connectivity index (χ1n) is 11.8. The van der Waals surface area contributed by atoms with Crippen molar-refractivity contribution >= 4 is 17.7 Å². The van der Waals surface area contributed by atoms with Gasteiger partial charge in [-0.1, -0.05) is 48.9 Å². The number of carbonyl (C=O) groups excluding carboxylic acids is 1. The molecule has 1 aliphatic rings. The minimum Gasteiger partial charge on any atom is -0.493 e. The standard InChI is InChI=1S/C28H32N2O2S/c31-28(29-21-23-8-7-9-24(20-23)22-30-16-5-2-6-17-30)25-12-14-26(15-13-25)32-18-19-33-27-10-3-1-4-11-27/h1,3-4,7-15,20H,2,5-6,16-19,21-22H2,(H,29,31). The van der Waals surface area contributed by atoms with Gasteiger partial charge in [0.1, 0.15) is 5.75 Å². The molecule has 1 fully saturated rings. The summed E-state index contributed by atoms with van der Waals surface area (Å²) in [6, 6.07) is 26.2. The van der Waals surface area contributed by atoms with E-state index in [0.717, 1.165) is 23.6 Å². The maximum atomic E-state index is 12.6. The highest BCUT2D eigenvalue weighted by Gasteiger charge is 2.11. The Bertz CT molecular complexity index is 1000. The lowest BCUT2D eigenvalue weighted by atomic mass is 10.1. The molecule has 1 N–H and O–H groups in total. The van der Waals surface area contributed by atoms with E-state index in [1.54, 1.807) is 11.8 Å². The van der Waals surface area contributed by atoms with E-state index in [-0.39, 0.29) is 5.91 Å². The van der Waals surface area contributed by atoms with E-state index in [0.29, 0.717) is 18.7 Å². The highest BCUT2D eigenvalue weighted by molar-refractivity contribution is 7.99. The maximum absolute atomic E-state index is 12.6. The van der Waals surface area contributed by atoms with Crippen molar-refractivity contribution in [3.63, 3.8) is 0 Å². The van der Waals surface area contributed by atoms with Gasteiger partial charge in [-0.05, 0) is 73.5 Å². The molecule has 172 valence electrons. The van der Waals surface area contributed by atoms with Crippen LogP contribution in [0.15, 0.2) is 83.8 Å². The first kappa shape index (κ1) is 23.4. The number of carbonyl (C=O) groups is 1. The predicted molar refractivity (Wildman–Crippen MR) is 136 cm³/mol. The normalized spacial score (nSPS) is 14.1. The summed E-state index contributed by atoms with van der Waals surface area (Å²) in [5.74, 6) is 1.59. The fourth-order valence-corrected chi connectivity index (χ4v) is 4.79. The zero-order valence-corrected chi connectivity index (χ0v) is 19.9. The topological polar surface area (TPSA) is 41.6 Å². The average Bonchev–Trinajstić information content (AvgIpc) is 2.87. The van der Waals surface area contributed by atoms with E-state index < -0.39 is 0 Å². The van der Waals surface area contributed by atoms with Crippen molar-refractivity contribution < 1.29 is 9.53 Å². The van der Waals surface area contributed by atoms with Crippen LogP contribution in [0.3, 0.4) is 0 Å². The van der Waals surface area contributed by atoms with Gasteiger partial charge in [0.2, 0.25) is 0 Å². The molecule has 3 aromatic rings. The summed E-state index contributed by atoms with van der Waals surface area (Å²) in [5.41, 5.74) is 3.09. The summed E-state index contributed by atoms with van der Waals surface area (Å²) in [7, 11) is 0. The second-order valence-electron chi connectivity index (χ2n) is 8.37. The van der Waals surface area contributed by atoms with Crippen molar-refractivity contribution in [1.29, 1.82) is 0 Å². The summed E-state index contributed by atoms with van der Waals surface area (Å²) >= 11 is 1.77. The van der Waals surface area contributed by atoms with Gasteiger partial charge < -0.3 is 10.1 Å². The first-order valence-corrected chi connectivity index (χ1v) is 12.7. The lowest BCUT2D eigenvalue weighted by Gasteiger charge is -2.26. The number of hydrogen-bond acceptors (Lipinski definition) is 4. The van der Waals surface area contributed by atoms with E-state index in [2.05, 4.69) is 46.6 Å². The number of rotatable bonds is 10. The summed E-state index contributed by atoms with van der Waals surface area (Å²) in [5, 5.41) is 3.04. The van der Waals surface area contributed by atoms with Gasteiger partial charge in [0.25, 0.3) is 5.91 Å². The molecule has 0 spiro atoms. The molecule has 5 heteroatoms. The third-order valence-electron chi connectivity index (χ3n) is 5.78. The van der Waals surface area contributed by atoms with Crippen molar-refractivity contribution in [3.05, 3.63) is 95.6 Å². The van der Waals surface area contributed by atoms with Crippen molar-refractivity contribution in [1.82, 2.24) is 10.2 Å². The number of benzene rings is 3. The molecule has 4 nitrogen and oxygen atoms in total. The van der Waals surface area contributed by atoms with Gasteiger partial charge in [-0.3, -0.25) is 9.69 Å². The lowest BCUT2D eigenvalue weighted by molar-refractivity contribution is 0.0951. The molecule has 1 heterocycles. The SMILES string of the molecule is O=C(NCc1cccc(CN2CCCCC2)c1)c1ccc(OCCSc2ccccc2)cc1. The largest absolute Gasteiger partial charge is 0.493 e. The van der Waals surface area contributed by atoms with Crippen LogP contribution in [0, 0.1) is 0 Å². The molecular formula is C28H32N2O2S. The number of thioether (sulfide) groups is 1. The molecule has 0 saturated carbocycles. The number of hydrogen-bond donors (Lipinski definition) is 1. The van der Waals surface area contributed by atoms with Gasteiger partial charge in [-0.15, -0.1) is 11.8 Å². The Morgan fingerprint density at radius 3 is 2.42 bits per heavy atom. The first-order chi connectivity index (χ1) is 16.3. The summed E-state index contributed by atoms with van der Waals surface area (Å²) in [6.07, 6.45) is 3.95. The van der Waals surface area contributed by atoms with Crippen molar-refractivity contribution in [2.75, 3.05) is 25.4 Å². The van der Waals surface area contributed by atoms with Gasteiger partial charge in [-0.2, -0.15) is 0 Å². The highest BCUT2D eigenvalue weighted by Crippen LogP contribution is 2.18. The molecule has 0 atom stereocenters. The summed E-state index contributed by atoms with van der Waals surface area (Å²) in [6.45, 7) is 4.52. The zero-order valence-electron chi connectivity index (χ0n) is 19.0. The van der Waals surface area contributed by atoms with Gasteiger partial charge in [0.05, 0.1) is 6.61 Å². The van der Waals surface area contributed by atoms with Crippen LogP contribution in [-0.2, 0) is 13.1 Å². The molecule has 0 aromatic heterocycles. The number of piperidine rings is 1. The van der Waals surface area contributed by atoms with Gasteiger partial charge in [0, 0.05) is 29.3 Å². The van der Waals surface area contributed by atoms with Crippen LogP contribution < -0.4 is 10.1 Å². The third kappa shape index (κ3) is 7.65. The molecule has 1 aliphatic heterocycles. The summed E-state index contributed by atoms with van der Waals surface area (Å²) in [4.78, 5) is 16.3. The van der Waals surface area contributed by atoms with Crippen LogP contribution >= 0.6 is 11.8 Å². The van der Waals surface area contributed by atoms with Crippen LogP contribution in [0.5, 0.6) is 5.75 Å². The van der Waals surface area contributed by atoms with E-state index >= 15 is 0 Å². The number of amides is 1. The number of ether oxygens (including phenoxy) is 1. The lowest BCUT2D eigenvalue weighted by Crippen LogP contribution is -2.29. The quantitative estimate of drug-likeness (QED) is 0.308. The van der Waals surface area contributed by atoms with Crippen molar-refractivity contribution in [2.24, 2.45) is 0 Å². The second-order valence-corrected chi connectivity index (χ2v) is 9.54. The molecule has 3 aromatic carbocycles. The smallest absolute Gasteiger partial charge is 0.251 e. The van der Waals surface area contributed by atoms with Gasteiger partial charge >= 0.3 is 0 Å². The Morgan fingerprint density at radius 2 is 1.64 bits per heavy atom. The molecule has 33 heavy (non-hydrogen) atoms. The van der Waals surface area contributed by atoms with Crippen LogP contribution in [0.2, 0.25) is 0 Å². The number of likely N-dealkylation sites (tertiary alicyclic amines) is 1. The monoisotopic (exact) mass is 460 g/mol. The van der Waals surface area contributed by atoms with E-state index in [1.807, 2.05) is 42.5 Å². The molecule has 0 aliphatic carbocycles. The van der Waals surface area contributed by atoms with E-state index in [1.165, 1.54) is 42.8 Å². The van der Waals surface area contributed by atoms with Crippen LogP contribution in [0.4, 0.5) is 0 Å². The van der Waals surface area contributed by atoms with E-state index in [9.17, 15) is 4.79 Å². The Morgan fingerprint density at radius 1 is 0.879 bits per heavy atom. The Hall–Kier alpha value is -2.76. The fraction of sp³-hybridized carbons (Fsp3) is 0.321. The molecule has 0 radical (unpaired) electrons. The minimum absolute atomic E-state index is 0.0670. The van der Waals surface area contributed by atoms with Crippen molar-refractivity contribution in [2.45, 2.75) is 37.2 Å². The average molecular weight is 461 g/mol. The summed E-state index contributed by atoms with van der Waals surface area (Å²) < 4.78 is 5.81. The zero-order chi connectivity index (χ0) is 22.7. The van der Waals surface area contributed by atoms with Crippen LogP contribution in [0.25, 0.3) is 0 Å². The third-order valence-corrected chi connectivity index (χ3v) is 6.76.